The molecule has 88 valence electrons. The molecule has 0 amide bonds. The van der Waals surface area contributed by atoms with Crippen molar-refractivity contribution in [1.82, 2.24) is 10.6 Å². The summed E-state index contributed by atoms with van der Waals surface area (Å²) in [5, 5.41) is 7.11. The quantitative estimate of drug-likeness (QED) is 0.810. The summed E-state index contributed by atoms with van der Waals surface area (Å²) in [4.78, 5) is 0. The van der Waals surface area contributed by atoms with Crippen LogP contribution < -0.4 is 10.6 Å². The van der Waals surface area contributed by atoms with Crippen molar-refractivity contribution in [2.24, 2.45) is 0 Å². The van der Waals surface area contributed by atoms with Gasteiger partial charge < -0.3 is 10.6 Å². The van der Waals surface area contributed by atoms with E-state index in [1.807, 2.05) is 0 Å². The minimum Gasteiger partial charge on any atom is -0.313 e. The average molecular weight is 218 g/mol. The third-order valence-electron chi connectivity index (χ3n) is 3.38. The SMILES string of the molecule is Cc1ccccc1CNCC1CCCCN1. The van der Waals surface area contributed by atoms with Crippen molar-refractivity contribution in [3.8, 4) is 0 Å². The Morgan fingerprint density at radius 2 is 2.19 bits per heavy atom. The molecule has 1 aliphatic rings. The lowest BCUT2D eigenvalue weighted by Gasteiger charge is -2.23. The van der Waals surface area contributed by atoms with Gasteiger partial charge in [-0.05, 0) is 37.4 Å². The highest BCUT2D eigenvalue weighted by molar-refractivity contribution is 5.25. The molecule has 0 bridgehead atoms. The molecule has 2 nitrogen and oxygen atoms in total. The van der Waals surface area contributed by atoms with Crippen LogP contribution in [0.3, 0.4) is 0 Å². The van der Waals surface area contributed by atoms with Crippen LogP contribution in [0.4, 0.5) is 0 Å². The predicted octanol–water partition coefficient (Wildman–Crippen LogP) is 2.23. The third kappa shape index (κ3) is 3.32. The van der Waals surface area contributed by atoms with Crippen LogP contribution in [0, 0.1) is 6.92 Å². The summed E-state index contributed by atoms with van der Waals surface area (Å²) in [5.74, 6) is 0. The van der Waals surface area contributed by atoms with Crippen LogP contribution in [-0.2, 0) is 6.54 Å². The van der Waals surface area contributed by atoms with Gasteiger partial charge >= 0.3 is 0 Å². The number of piperidine rings is 1. The summed E-state index contributed by atoms with van der Waals surface area (Å²) in [6, 6.07) is 9.27. The first-order chi connectivity index (χ1) is 7.86. The van der Waals surface area contributed by atoms with Crippen LogP contribution in [0.2, 0.25) is 0 Å². The maximum Gasteiger partial charge on any atom is 0.0208 e. The fourth-order valence-corrected chi connectivity index (χ4v) is 2.29. The Balaban J connectivity index is 1.73. The van der Waals surface area contributed by atoms with Crippen molar-refractivity contribution in [3.63, 3.8) is 0 Å². The van der Waals surface area contributed by atoms with E-state index in [1.165, 1.54) is 36.9 Å². The van der Waals surface area contributed by atoms with E-state index in [0.29, 0.717) is 6.04 Å². The molecule has 0 spiro atoms. The Morgan fingerprint density at radius 1 is 1.31 bits per heavy atom. The highest BCUT2D eigenvalue weighted by Crippen LogP contribution is 2.08. The zero-order chi connectivity index (χ0) is 11.2. The zero-order valence-electron chi connectivity index (χ0n) is 10.1. The molecule has 0 aliphatic carbocycles. The van der Waals surface area contributed by atoms with Gasteiger partial charge in [0.05, 0.1) is 0 Å². The van der Waals surface area contributed by atoms with Crippen LogP contribution in [0.15, 0.2) is 24.3 Å². The number of rotatable bonds is 4. The van der Waals surface area contributed by atoms with Crippen molar-refractivity contribution in [1.29, 1.82) is 0 Å². The standard InChI is InChI=1S/C14H22N2/c1-12-6-2-3-7-13(12)10-15-11-14-8-4-5-9-16-14/h2-3,6-7,14-16H,4-5,8-11H2,1H3. The van der Waals surface area contributed by atoms with Gasteiger partial charge in [-0.1, -0.05) is 30.7 Å². The molecule has 1 saturated heterocycles. The molecule has 16 heavy (non-hydrogen) atoms. The predicted molar refractivity (Wildman–Crippen MR) is 68.5 cm³/mol. The van der Waals surface area contributed by atoms with E-state index in [1.54, 1.807) is 0 Å². The van der Waals surface area contributed by atoms with E-state index in [4.69, 9.17) is 0 Å². The molecule has 2 rings (SSSR count). The lowest BCUT2D eigenvalue weighted by atomic mass is 10.0. The van der Waals surface area contributed by atoms with Crippen molar-refractivity contribution < 1.29 is 0 Å². The van der Waals surface area contributed by atoms with Crippen molar-refractivity contribution in [2.75, 3.05) is 13.1 Å². The van der Waals surface area contributed by atoms with Crippen LogP contribution in [-0.4, -0.2) is 19.1 Å². The highest BCUT2D eigenvalue weighted by Gasteiger charge is 2.11. The molecule has 0 radical (unpaired) electrons. The third-order valence-corrected chi connectivity index (χ3v) is 3.38. The molecule has 2 N–H and O–H groups in total. The number of benzene rings is 1. The van der Waals surface area contributed by atoms with Gasteiger partial charge in [-0.2, -0.15) is 0 Å². The molecule has 2 heteroatoms. The van der Waals surface area contributed by atoms with Gasteiger partial charge in [0.2, 0.25) is 0 Å². The molecule has 1 fully saturated rings. The number of hydrogen-bond donors (Lipinski definition) is 2. The molecule has 1 aliphatic heterocycles. The van der Waals surface area contributed by atoms with Crippen molar-refractivity contribution in [3.05, 3.63) is 35.4 Å². The average Bonchev–Trinajstić information content (AvgIpc) is 2.33. The van der Waals surface area contributed by atoms with Gasteiger partial charge in [-0.25, -0.2) is 0 Å². The van der Waals surface area contributed by atoms with Gasteiger partial charge in [-0.3, -0.25) is 0 Å². The Bertz CT molecular complexity index is 316. The fraction of sp³-hybridized carbons (Fsp3) is 0.571. The number of aryl methyl sites for hydroxylation is 1. The first-order valence-corrected chi connectivity index (χ1v) is 6.35. The van der Waals surface area contributed by atoms with E-state index in [0.717, 1.165) is 13.1 Å². The summed E-state index contributed by atoms with van der Waals surface area (Å²) in [6.07, 6.45) is 4.04. The Labute approximate surface area is 98.4 Å². The topological polar surface area (TPSA) is 24.1 Å². The second-order valence-electron chi connectivity index (χ2n) is 4.70. The fourth-order valence-electron chi connectivity index (χ4n) is 2.29. The van der Waals surface area contributed by atoms with Gasteiger partial charge in [0.1, 0.15) is 0 Å². The molecule has 1 heterocycles. The molecule has 1 atom stereocenters. The van der Waals surface area contributed by atoms with Crippen LogP contribution in [0.1, 0.15) is 30.4 Å². The van der Waals surface area contributed by atoms with Gasteiger partial charge in [-0.15, -0.1) is 0 Å². The molecule has 1 aromatic carbocycles. The maximum atomic E-state index is 3.56. The summed E-state index contributed by atoms with van der Waals surface area (Å²) in [7, 11) is 0. The lowest BCUT2D eigenvalue weighted by Crippen LogP contribution is -2.41. The maximum absolute atomic E-state index is 3.56. The van der Waals surface area contributed by atoms with Crippen LogP contribution >= 0.6 is 0 Å². The first kappa shape index (κ1) is 11.6. The summed E-state index contributed by atoms with van der Waals surface area (Å²) in [5.41, 5.74) is 2.80. The van der Waals surface area contributed by atoms with E-state index >= 15 is 0 Å². The molecule has 0 aromatic heterocycles. The van der Waals surface area contributed by atoms with Gasteiger partial charge in [0.15, 0.2) is 0 Å². The van der Waals surface area contributed by atoms with E-state index in [9.17, 15) is 0 Å². The molecule has 0 saturated carbocycles. The molecular formula is C14H22N2. The molecule has 1 aromatic rings. The normalized spacial score (nSPS) is 20.9. The second kappa shape index (κ2) is 6.02. The summed E-state index contributed by atoms with van der Waals surface area (Å²) < 4.78 is 0. The molecule has 1 unspecified atom stereocenters. The summed E-state index contributed by atoms with van der Waals surface area (Å²) >= 11 is 0. The first-order valence-electron chi connectivity index (χ1n) is 6.35. The largest absolute Gasteiger partial charge is 0.313 e. The van der Waals surface area contributed by atoms with Gasteiger partial charge in [0.25, 0.3) is 0 Å². The Hall–Kier alpha value is -0.860. The summed E-state index contributed by atoms with van der Waals surface area (Å²) in [6.45, 7) is 5.45. The highest BCUT2D eigenvalue weighted by atomic mass is 15.0. The zero-order valence-corrected chi connectivity index (χ0v) is 10.1. The Morgan fingerprint density at radius 3 is 2.94 bits per heavy atom. The minimum absolute atomic E-state index is 0.678. The monoisotopic (exact) mass is 218 g/mol. The van der Waals surface area contributed by atoms with Gasteiger partial charge in [0, 0.05) is 19.1 Å². The van der Waals surface area contributed by atoms with E-state index < -0.39 is 0 Å². The van der Waals surface area contributed by atoms with E-state index in [2.05, 4.69) is 41.8 Å². The lowest BCUT2D eigenvalue weighted by molar-refractivity contribution is 0.383. The smallest absolute Gasteiger partial charge is 0.0208 e. The number of hydrogen-bond acceptors (Lipinski definition) is 2. The van der Waals surface area contributed by atoms with Crippen LogP contribution in [0.25, 0.3) is 0 Å². The van der Waals surface area contributed by atoms with E-state index in [-0.39, 0.29) is 0 Å². The van der Waals surface area contributed by atoms with Crippen molar-refractivity contribution >= 4 is 0 Å². The van der Waals surface area contributed by atoms with Crippen LogP contribution in [0.5, 0.6) is 0 Å². The second-order valence-corrected chi connectivity index (χ2v) is 4.70. The van der Waals surface area contributed by atoms with Crippen molar-refractivity contribution in [2.45, 2.75) is 38.8 Å². The number of nitrogens with one attached hydrogen (secondary N) is 2. The molecular weight excluding hydrogens is 196 g/mol. The minimum atomic E-state index is 0.678. The Kier molecular flexibility index (Phi) is 4.37.